The monoisotopic (exact) mass is 443 g/mol. The van der Waals surface area contributed by atoms with Crippen LogP contribution in [0.4, 0.5) is 5.69 Å². The second-order valence-electron chi connectivity index (χ2n) is 7.55. The lowest BCUT2D eigenvalue weighted by molar-refractivity contribution is 0.298. The lowest BCUT2D eigenvalue weighted by Crippen LogP contribution is -2.23. The molecule has 0 aliphatic carbocycles. The van der Waals surface area contributed by atoms with Crippen LogP contribution in [0.5, 0.6) is 5.75 Å². The van der Waals surface area contributed by atoms with Crippen molar-refractivity contribution in [2.45, 2.75) is 44.9 Å². The molecular weight excluding hydrogens is 414 g/mol. The summed E-state index contributed by atoms with van der Waals surface area (Å²) in [5, 5.41) is 0. The zero-order valence-corrected chi connectivity index (χ0v) is 19.2. The lowest BCUT2D eigenvalue weighted by Gasteiger charge is -2.13. The van der Waals surface area contributed by atoms with E-state index in [-0.39, 0.29) is 10.6 Å². The Morgan fingerprint density at radius 1 is 1.03 bits per heavy atom. The number of aromatic nitrogens is 2. The van der Waals surface area contributed by atoms with Crippen LogP contribution in [-0.4, -0.2) is 24.4 Å². The Balaban J connectivity index is 1.98. The SMILES string of the molecule is CCCCCOc1cc(C)ccc1S(=O)(=O)Nc1c(C)n(C)n(-c2ccccc2)c1=O. The normalized spacial score (nSPS) is 11.5. The second-order valence-corrected chi connectivity index (χ2v) is 9.20. The third-order valence-corrected chi connectivity index (χ3v) is 6.57. The average Bonchev–Trinajstić information content (AvgIpc) is 2.94. The first-order valence-corrected chi connectivity index (χ1v) is 11.8. The molecule has 0 saturated carbocycles. The molecular formula is C23H29N3O4S. The van der Waals surface area contributed by atoms with Crippen LogP contribution < -0.4 is 15.0 Å². The number of hydrogen-bond donors (Lipinski definition) is 1. The maximum Gasteiger partial charge on any atom is 0.296 e. The van der Waals surface area contributed by atoms with Crippen LogP contribution in [-0.2, 0) is 17.1 Å². The van der Waals surface area contributed by atoms with E-state index in [2.05, 4.69) is 11.6 Å². The maximum absolute atomic E-state index is 13.2. The fraction of sp³-hybridized carbons (Fsp3) is 0.348. The molecule has 0 aliphatic rings. The highest BCUT2D eigenvalue weighted by Crippen LogP contribution is 2.28. The van der Waals surface area contributed by atoms with Gasteiger partial charge >= 0.3 is 0 Å². The van der Waals surface area contributed by atoms with Gasteiger partial charge in [0.2, 0.25) is 0 Å². The first-order valence-electron chi connectivity index (χ1n) is 10.4. The van der Waals surface area contributed by atoms with Gasteiger partial charge in [-0.05, 0) is 50.1 Å². The van der Waals surface area contributed by atoms with Gasteiger partial charge in [-0.3, -0.25) is 14.2 Å². The molecule has 0 radical (unpaired) electrons. The van der Waals surface area contributed by atoms with Crippen LogP contribution in [0.15, 0.2) is 58.2 Å². The van der Waals surface area contributed by atoms with E-state index >= 15 is 0 Å². The molecule has 1 aromatic heterocycles. The Kier molecular flexibility index (Phi) is 6.90. The van der Waals surface area contributed by atoms with Gasteiger partial charge < -0.3 is 4.74 Å². The molecule has 3 aromatic rings. The van der Waals surface area contributed by atoms with Gasteiger partial charge in [0.15, 0.2) is 0 Å². The topological polar surface area (TPSA) is 82.3 Å². The Labute approximate surface area is 183 Å². The van der Waals surface area contributed by atoms with Crippen LogP contribution in [0, 0.1) is 13.8 Å². The van der Waals surface area contributed by atoms with E-state index in [9.17, 15) is 13.2 Å². The highest BCUT2D eigenvalue weighted by molar-refractivity contribution is 7.92. The van der Waals surface area contributed by atoms with E-state index in [0.29, 0.717) is 23.7 Å². The summed E-state index contributed by atoms with van der Waals surface area (Å²) in [6.07, 6.45) is 2.90. The Hall–Kier alpha value is -3.00. The molecule has 0 amide bonds. The Morgan fingerprint density at radius 3 is 2.42 bits per heavy atom. The molecule has 1 N–H and O–H groups in total. The largest absolute Gasteiger partial charge is 0.492 e. The number of nitrogens with one attached hydrogen (secondary N) is 1. The van der Waals surface area contributed by atoms with Gasteiger partial charge in [-0.25, -0.2) is 13.1 Å². The molecule has 8 heteroatoms. The maximum atomic E-state index is 13.2. The summed E-state index contributed by atoms with van der Waals surface area (Å²) in [7, 11) is -2.32. The smallest absolute Gasteiger partial charge is 0.296 e. The van der Waals surface area contributed by atoms with Crippen molar-refractivity contribution in [1.29, 1.82) is 0 Å². The summed E-state index contributed by atoms with van der Waals surface area (Å²) >= 11 is 0. The van der Waals surface area contributed by atoms with Crippen molar-refractivity contribution in [3.63, 3.8) is 0 Å². The lowest BCUT2D eigenvalue weighted by atomic mass is 10.2. The van der Waals surface area contributed by atoms with E-state index in [1.54, 1.807) is 42.9 Å². The minimum Gasteiger partial charge on any atom is -0.492 e. The molecule has 3 rings (SSSR count). The van der Waals surface area contributed by atoms with Crippen molar-refractivity contribution in [3.8, 4) is 11.4 Å². The second kappa shape index (κ2) is 9.43. The van der Waals surface area contributed by atoms with Gasteiger partial charge in [0.25, 0.3) is 15.6 Å². The first-order chi connectivity index (χ1) is 14.8. The summed E-state index contributed by atoms with van der Waals surface area (Å²) in [6.45, 7) is 6.11. The van der Waals surface area contributed by atoms with Gasteiger partial charge in [-0.1, -0.05) is 44.0 Å². The fourth-order valence-electron chi connectivity index (χ4n) is 3.36. The minimum atomic E-state index is -4.04. The zero-order chi connectivity index (χ0) is 22.6. The van der Waals surface area contributed by atoms with Crippen molar-refractivity contribution in [3.05, 3.63) is 70.1 Å². The summed E-state index contributed by atoms with van der Waals surface area (Å²) in [6, 6.07) is 14.0. The molecule has 2 aromatic carbocycles. The van der Waals surface area contributed by atoms with E-state index in [0.717, 1.165) is 24.8 Å². The number of ether oxygens (including phenoxy) is 1. The number of hydrogen-bond acceptors (Lipinski definition) is 4. The molecule has 0 atom stereocenters. The predicted molar refractivity (Wildman–Crippen MR) is 123 cm³/mol. The third kappa shape index (κ3) is 4.85. The van der Waals surface area contributed by atoms with E-state index in [1.165, 1.54) is 10.7 Å². The molecule has 0 aliphatic heterocycles. The number of benzene rings is 2. The standard InChI is InChI=1S/C23H29N3O4S/c1-5-6-10-15-30-20-16-17(2)13-14-21(20)31(28,29)24-22-18(3)25(4)26(23(22)27)19-11-8-7-9-12-19/h7-9,11-14,16,24H,5-6,10,15H2,1-4H3. The molecule has 0 fully saturated rings. The molecule has 0 bridgehead atoms. The first kappa shape index (κ1) is 22.7. The van der Waals surface area contributed by atoms with Crippen molar-refractivity contribution in [1.82, 2.24) is 9.36 Å². The van der Waals surface area contributed by atoms with Crippen LogP contribution >= 0.6 is 0 Å². The van der Waals surface area contributed by atoms with E-state index < -0.39 is 15.6 Å². The average molecular weight is 444 g/mol. The quantitative estimate of drug-likeness (QED) is 0.504. The number of rotatable bonds is 9. The van der Waals surface area contributed by atoms with Gasteiger partial charge in [0.05, 0.1) is 18.0 Å². The molecule has 0 spiro atoms. The van der Waals surface area contributed by atoms with Crippen molar-refractivity contribution in [2.24, 2.45) is 7.05 Å². The predicted octanol–water partition coefficient (Wildman–Crippen LogP) is 4.16. The molecule has 0 saturated heterocycles. The zero-order valence-electron chi connectivity index (χ0n) is 18.4. The molecule has 7 nitrogen and oxygen atoms in total. The van der Waals surface area contributed by atoms with Gasteiger partial charge in [-0.15, -0.1) is 0 Å². The number of sulfonamides is 1. The molecule has 166 valence electrons. The number of para-hydroxylation sites is 1. The van der Waals surface area contributed by atoms with Gasteiger partial charge in [-0.2, -0.15) is 0 Å². The van der Waals surface area contributed by atoms with Gasteiger partial charge in [0, 0.05) is 7.05 Å². The Bertz CT molecular complexity index is 1210. The minimum absolute atomic E-state index is 0.0171. The highest BCUT2D eigenvalue weighted by Gasteiger charge is 2.25. The third-order valence-electron chi connectivity index (χ3n) is 5.18. The van der Waals surface area contributed by atoms with Crippen LogP contribution in [0.1, 0.15) is 37.4 Å². The number of nitrogens with zero attached hydrogens (tertiary/aromatic N) is 2. The summed E-state index contributed by atoms with van der Waals surface area (Å²) in [5.41, 5.74) is 1.64. The van der Waals surface area contributed by atoms with Crippen LogP contribution in [0.2, 0.25) is 0 Å². The summed E-state index contributed by atoms with van der Waals surface area (Å²) in [4.78, 5) is 13.1. The fourth-order valence-corrected chi connectivity index (χ4v) is 4.60. The number of anilines is 1. The van der Waals surface area contributed by atoms with Crippen molar-refractivity contribution >= 4 is 15.7 Å². The molecule has 0 unspecified atom stereocenters. The highest BCUT2D eigenvalue weighted by atomic mass is 32.2. The number of aryl methyl sites for hydroxylation is 1. The van der Waals surface area contributed by atoms with Crippen LogP contribution in [0.25, 0.3) is 5.69 Å². The van der Waals surface area contributed by atoms with Gasteiger partial charge in [0.1, 0.15) is 16.3 Å². The van der Waals surface area contributed by atoms with Crippen LogP contribution in [0.3, 0.4) is 0 Å². The number of unbranched alkanes of at least 4 members (excludes halogenated alkanes) is 2. The van der Waals surface area contributed by atoms with Crippen molar-refractivity contribution < 1.29 is 13.2 Å². The van der Waals surface area contributed by atoms with E-state index in [4.69, 9.17) is 4.74 Å². The molecule has 1 heterocycles. The summed E-state index contributed by atoms with van der Waals surface area (Å²) < 4.78 is 37.8. The Morgan fingerprint density at radius 2 is 1.74 bits per heavy atom. The van der Waals surface area contributed by atoms with Crippen molar-refractivity contribution in [2.75, 3.05) is 11.3 Å². The van der Waals surface area contributed by atoms with E-state index in [1.807, 2.05) is 25.1 Å². The summed E-state index contributed by atoms with van der Waals surface area (Å²) in [5.74, 6) is 0.292. The molecule has 31 heavy (non-hydrogen) atoms.